The fraction of sp³-hybridized carbons (Fsp3) is 0.273. The monoisotopic (exact) mass is 193 g/mol. The Morgan fingerprint density at radius 1 is 1.43 bits per heavy atom. The van der Waals surface area contributed by atoms with E-state index in [1.807, 2.05) is 0 Å². The van der Waals surface area contributed by atoms with Gasteiger partial charge >= 0.3 is 0 Å². The number of aliphatic hydroxyl groups excluding tert-OH is 1. The maximum atomic E-state index is 9.23. The average Bonchev–Trinajstić information content (AvgIpc) is 2.08. The predicted molar refractivity (Wildman–Crippen MR) is 56.2 cm³/mol. The first kappa shape index (κ1) is 10.6. The van der Waals surface area contributed by atoms with Gasteiger partial charge in [-0.25, -0.2) is 0 Å². The minimum absolute atomic E-state index is 0.0365. The van der Waals surface area contributed by atoms with Gasteiger partial charge in [0.2, 0.25) is 0 Å². The number of phenols is 1. The molecule has 0 aliphatic rings. The van der Waals surface area contributed by atoms with E-state index in [1.165, 1.54) is 0 Å². The van der Waals surface area contributed by atoms with Crippen LogP contribution in [0.4, 0.5) is 0 Å². The summed E-state index contributed by atoms with van der Waals surface area (Å²) in [6.07, 6.45) is 0.489. The van der Waals surface area contributed by atoms with Crippen molar-refractivity contribution in [1.29, 1.82) is 0 Å². The molecule has 3 nitrogen and oxygen atoms in total. The van der Waals surface area contributed by atoms with Crippen molar-refractivity contribution in [2.24, 2.45) is 5.73 Å². The second-order valence-electron chi connectivity index (χ2n) is 3.71. The van der Waals surface area contributed by atoms with E-state index in [0.717, 1.165) is 5.56 Å². The van der Waals surface area contributed by atoms with Gasteiger partial charge in [-0.05, 0) is 31.0 Å². The summed E-state index contributed by atoms with van der Waals surface area (Å²) in [6, 6.07) is 6.71. The highest BCUT2D eigenvalue weighted by Crippen LogP contribution is 2.18. The van der Waals surface area contributed by atoms with Crippen LogP contribution < -0.4 is 5.73 Å². The molecular weight excluding hydrogens is 178 g/mol. The third-order valence-corrected chi connectivity index (χ3v) is 2.17. The van der Waals surface area contributed by atoms with Gasteiger partial charge in [0.25, 0.3) is 0 Å². The zero-order valence-electron chi connectivity index (χ0n) is 8.20. The highest BCUT2D eigenvalue weighted by atomic mass is 16.3. The van der Waals surface area contributed by atoms with Gasteiger partial charge in [-0.3, -0.25) is 0 Å². The van der Waals surface area contributed by atoms with Crippen LogP contribution in [-0.2, 0) is 6.42 Å². The fourth-order valence-corrected chi connectivity index (χ4v) is 1.14. The lowest BCUT2D eigenvalue weighted by molar-refractivity contribution is 0.309. The van der Waals surface area contributed by atoms with E-state index >= 15 is 0 Å². The van der Waals surface area contributed by atoms with Gasteiger partial charge in [0.05, 0.1) is 5.54 Å². The van der Waals surface area contributed by atoms with Crippen LogP contribution in [0.25, 0.3) is 0 Å². The van der Waals surface area contributed by atoms with Gasteiger partial charge in [0.15, 0.2) is 0 Å². The zero-order valence-corrected chi connectivity index (χ0v) is 8.20. The number of nitrogens with two attached hydrogens (primary N) is 1. The van der Waals surface area contributed by atoms with Crippen LogP contribution in [0.2, 0.25) is 0 Å². The molecule has 0 saturated carbocycles. The Morgan fingerprint density at radius 2 is 1.93 bits per heavy atom. The summed E-state index contributed by atoms with van der Waals surface area (Å²) in [5, 5.41) is 18.3. The largest absolute Gasteiger partial charge is 0.511 e. The first-order chi connectivity index (χ1) is 6.42. The van der Waals surface area contributed by atoms with E-state index < -0.39 is 5.54 Å². The van der Waals surface area contributed by atoms with E-state index in [9.17, 15) is 5.11 Å². The van der Waals surface area contributed by atoms with E-state index in [1.54, 1.807) is 31.2 Å². The van der Waals surface area contributed by atoms with Crippen molar-refractivity contribution in [1.82, 2.24) is 0 Å². The summed E-state index contributed by atoms with van der Waals surface area (Å²) in [5.41, 5.74) is 5.94. The number of rotatable bonds is 3. The molecule has 0 spiro atoms. The van der Waals surface area contributed by atoms with Crippen LogP contribution in [0.15, 0.2) is 36.6 Å². The van der Waals surface area contributed by atoms with Crippen molar-refractivity contribution in [3.8, 4) is 5.75 Å². The Bertz CT molecular complexity index is 328. The maximum Gasteiger partial charge on any atom is 0.115 e. The van der Waals surface area contributed by atoms with Crippen molar-refractivity contribution in [3.63, 3.8) is 0 Å². The standard InChI is InChI=1S/C11H15NO2/c1-8(13)11(2,12)7-9-3-5-10(14)6-4-9/h3-6,13-14H,1,7,12H2,2H3/t11-/m0/s1. The minimum atomic E-state index is -0.822. The number of hydrogen-bond acceptors (Lipinski definition) is 3. The maximum absolute atomic E-state index is 9.23. The van der Waals surface area contributed by atoms with Crippen LogP contribution in [0.3, 0.4) is 0 Å². The second-order valence-corrected chi connectivity index (χ2v) is 3.71. The SMILES string of the molecule is C=C(O)[C@@](C)(N)Cc1ccc(O)cc1. The van der Waals surface area contributed by atoms with Gasteiger partial charge in [-0.2, -0.15) is 0 Å². The van der Waals surface area contributed by atoms with Crippen LogP contribution in [0.5, 0.6) is 5.75 Å². The first-order valence-electron chi connectivity index (χ1n) is 4.37. The van der Waals surface area contributed by atoms with E-state index in [-0.39, 0.29) is 11.5 Å². The lowest BCUT2D eigenvalue weighted by Crippen LogP contribution is -2.40. The summed E-state index contributed by atoms with van der Waals surface area (Å²) in [6.45, 7) is 5.13. The van der Waals surface area contributed by atoms with Crippen LogP contribution in [0.1, 0.15) is 12.5 Å². The molecule has 14 heavy (non-hydrogen) atoms. The molecule has 0 unspecified atom stereocenters. The molecule has 1 aromatic carbocycles. The molecule has 1 rings (SSSR count). The Hall–Kier alpha value is -1.48. The predicted octanol–water partition coefficient (Wildman–Crippen LogP) is 1.72. The number of benzene rings is 1. The van der Waals surface area contributed by atoms with E-state index in [4.69, 9.17) is 10.8 Å². The van der Waals surface area contributed by atoms with Gasteiger partial charge in [-0.1, -0.05) is 18.7 Å². The first-order valence-corrected chi connectivity index (χ1v) is 4.37. The quantitative estimate of drug-likeness (QED) is 0.640. The molecule has 0 aliphatic heterocycles. The molecule has 4 N–H and O–H groups in total. The fourth-order valence-electron chi connectivity index (χ4n) is 1.14. The van der Waals surface area contributed by atoms with Gasteiger partial charge in [0, 0.05) is 0 Å². The van der Waals surface area contributed by atoms with Crippen molar-refractivity contribution < 1.29 is 10.2 Å². The highest BCUT2D eigenvalue weighted by Gasteiger charge is 2.22. The summed E-state index contributed by atoms with van der Waals surface area (Å²) < 4.78 is 0. The van der Waals surface area contributed by atoms with Crippen molar-refractivity contribution in [2.45, 2.75) is 18.9 Å². The number of phenolic OH excluding ortho intramolecular Hbond substituents is 1. The molecule has 0 saturated heterocycles. The lowest BCUT2D eigenvalue weighted by atomic mass is 9.92. The summed E-state index contributed by atoms with van der Waals surface area (Å²) in [7, 11) is 0. The summed E-state index contributed by atoms with van der Waals surface area (Å²) in [4.78, 5) is 0. The Morgan fingerprint density at radius 3 is 2.36 bits per heavy atom. The normalized spacial score (nSPS) is 14.7. The molecular formula is C11H15NO2. The van der Waals surface area contributed by atoms with Crippen LogP contribution in [0, 0.1) is 0 Å². The smallest absolute Gasteiger partial charge is 0.115 e. The van der Waals surface area contributed by atoms with Crippen molar-refractivity contribution in [2.75, 3.05) is 0 Å². The van der Waals surface area contributed by atoms with Crippen molar-refractivity contribution in [3.05, 3.63) is 42.2 Å². The zero-order chi connectivity index (χ0) is 10.8. The summed E-state index contributed by atoms with van der Waals surface area (Å²) >= 11 is 0. The molecule has 1 aromatic rings. The third kappa shape index (κ3) is 2.50. The van der Waals surface area contributed by atoms with Gasteiger partial charge in [-0.15, -0.1) is 0 Å². The Kier molecular flexibility index (Phi) is 2.81. The van der Waals surface area contributed by atoms with Gasteiger partial charge in [0.1, 0.15) is 11.5 Å². The molecule has 0 aromatic heterocycles. The van der Waals surface area contributed by atoms with E-state index in [0.29, 0.717) is 6.42 Å². The molecule has 0 radical (unpaired) electrons. The molecule has 76 valence electrons. The van der Waals surface area contributed by atoms with E-state index in [2.05, 4.69) is 6.58 Å². The van der Waals surface area contributed by atoms with Crippen molar-refractivity contribution >= 4 is 0 Å². The highest BCUT2D eigenvalue weighted by molar-refractivity contribution is 5.28. The second kappa shape index (κ2) is 3.72. The lowest BCUT2D eigenvalue weighted by Gasteiger charge is -2.23. The number of aliphatic hydroxyl groups is 1. The molecule has 0 fully saturated rings. The summed E-state index contributed by atoms with van der Waals surface area (Å²) in [5.74, 6) is 0.181. The molecule has 0 aliphatic carbocycles. The molecule has 0 amide bonds. The third-order valence-electron chi connectivity index (χ3n) is 2.17. The minimum Gasteiger partial charge on any atom is -0.511 e. The van der Waals surface area contributed by atoms with Crippen LogP contribution in [-0.4, -0.2) is 15.8 Å². The number of aromatic hydroxyl groups is 1. The molecule has 0 heterocycles. The molecule has 0 bridgehead atoms. The average molecular weight is 193 g/mol. The Balaban J connectivity index is 2.79. The molecule has 1 atom stereocenters. The molecule has 3 heteroatoms. The number of hydrogen-bond donors (Lipinski definition) is 3. The Labute approximate surface area is 83.5 Å². The topological polar surface area (TPSA) is 66.5 Å². The van der Waals surface area contributed by atoms with Crippen LogP contribution >= 0.6 is 0 Å². The van der Waals surface area contributed by atoms with Gasteiger partial charge < -0.3 is 15.9 Å².